The third kappa shape index (κ3) is 6.64. The van der Waals surface area contributed by atoms with Crippen LogP contribution >= 0.6 is 0 Å². The molecule has 8 nitrogen and oxygen atoms in total. The minimum absolute atomic E-state index is 0.00323. The maximum atomic E-state index is 16.5. The number of rotatable bonds is 10. The van der Waals surface area contributed by atoms with E-state index in [1.54, 1.807) is 6.92 Å². The van der Waals surface area contributed by atoms with Crippen molar-refractivity contribution in [3.8, 4) is 17.3 Å². The fourth-order valence-corrected chi connectivity index (χ4v) is 6.50. The van der Waals surface area contributed by atoms with E-state index in [2.05, 4.69) is 32.5 Å². The van der Waals surface area contributed by atoms with Gasteiger partial charge >= 0.3 is 18.0 Å². The summed E-state index contributed by atoms with van der Waals surface area (Å²) in [7, 11) is 0. The molecular formula is C32H40F6N7O+. The zero-order chi connectivity index (χ0) is 33.4. The fourth-order valence-electron chi connectivity index (χ4n) is 6.50. The summed E-state index contributed by atoms with van der Waals surface area (Å²) in [6.07, 6.45) is -0.00439. The summed E-state index contributed by atoms with van der Waals surface area (Å²) in [5.74, 6) is -2.02. The molecule has 0 bridgehead atoms. The Hall–Kier alpha value is -3.52. The van der Waals surface area contributed by atoms with Gasteiger partial charge in [0.25, 0.3) is 0 Å². The van der Waals surface area contributed by atoms with E-state index >= 15 is 4.39 Å². The van der Waals surface area contributed by atoms with Crippen molar-refractivity contribution in [2.24, 2.45) is 5.92 Å². The Morgan fingerprint density at radius 2 is 1.96 bits per heavy atom. The molecule has 0 saturated carbocycles. The Morgan fingerprint density at radius 3 is 2.57 bits per heavy atom. The van der Waals surface area contributed by atoms with Gasteiger partial charge in [0.2, 0.25) is 0 Å². The molecular weight excluding hydrogens is 612 g/mol. The number of alkyl halides is 4. The van der Waals surface area contributed by atoms with Crippen LogP contribution in [0.4, 0.5) is 37.8 Å². The van der Waals surface area contributed by atoms with Crippen molar-refractivity contribution < 1.29 is 35.7 Å². The molecule has 1 aromatic carbocycles. The van der Waals surface area contributed by atoms with Crippen molar-refractivity contribution >= 4 is 28.6 Å². The molecule has 2 aromatic heterocycles. The van der Waals surface area contributed by atoms with Crippen LogP contribution in [-0.2, 0) is 6.18 Å². The first kappa shape index (κ1) is 33.8. The van der Waals surface area contributed by atoms with Crippen molar-refractivity contribution in [1.82, 2.24) is 25.6 Å². The van der Waals surface area contributed by atoms with Crippen LogP contribution in [0.3, 0.4) is 0 Å². The van der Waals surface area contributed by atoms with Crippen LogP contribution < -0.4 is 21.1 Å². The lowest BCUT2D eigenvalue weighted by Crippen LogP contribution is -2.47. The molecule has 2 aliphatic rings. The number of hydrogen-bond acceptors (Lipinski definition) is 7. The summed E-state index contributed by atoms with van der Waals surface area (Å²) in [6.45, 7) is 8.57. The second-order valence-electron chi connectivity index (χ2n) is 12.3. The van der Waals surface area contributed by atoms with E-state index in [4.69, 9.17) is 10.5 Å². The summed E-state index contributed by atoms with van der Waals surface area (Å²) in [5, 5.41) is 6.88. The predicted molar refractivity (Wildman–Crippen MR) is 164 cm³/mol. The highest BCUT2D eigenvalue weighted by Crippen LogP contribution is 2.43. The Kier molecular flexibility index (Phi) is 9.78. The molecule has 14 heteroatoms. The molecule has 4 heterocycles. The van der Waals surface area contributed by atoms with Crippen molar-refractivity contribution in [1.29, 1.82) is 0 Å². The molecule has 0 spiro atoms. The number of hydrogen-bond donors (Lipinski definition) is 3. The van der Waals surface area contributed by atoms with E-state index in [-0.39, 0.29) is 47.7 Å². The molecule has 2 aliphatic heterocycles. The Labute approximate surface area is 263 Å². The molecule has 5 rings (SSSR count). The van der Waals surface area contributed by atoms with Crippen molar-refractivity contribution in [2.75, 3.05) is 32.0 Å². The molecule has 3 aromatic rings. The highest BCUT2D eigenvalue weighted by atomic mass is 19.4. The molecule has 4 N–H and O–H groups in total. The summed E-state index contributed by atoms with van der Waals surface area (Å²) in [6, 6.07) is 0.695. The second kappa shape index (κ2) is 13.3. The van der Waals surface area contributed by atoms with Crippen molar-refractivity contribution in [3.63, 3.8) is 0 Å². The SMILES string of the molecule is CCC(F)CC1(COc2nc([N+](=CC3CCN[C@@H]3C)CC)c3cnc(-c4cc(N)c(F)c(C)c4C(F)(F)F)c(F)c3n2)CCCN1. The first-order valence-electron chi connectivity index (χ1n) is 15.7. The second-order valence-corrected chi connectivity index (χ2v) is 12.3. The topological polar surface area (TPSA) is 101 Å². The molecule has 4 atom stereocenters. The largest absolute Gasteiger partial charge is 0.443 e. The first-order chi connectivity index (χ1) is 21.8. The maximum absolute atomic E-state index is 16.5. The number of nitrogens with two attached hydrogens (primary N) is 1. The number of pyridine rings is 1. The van der Waals surface area contributed by atoms with E-state index in [1.165, 1.54) is 6.20 Å². The summed E-state index contributed by atoms with van der Waals surface area (Å²) < 4.78 is 96.1. The third-order valence-corrected chi connectivity index (χ3v) is 9.14. The summed E-state index contributed by atoms with van der Waals surface area (Å²) in [5.41, 5.74) is 0.566. The fraction of sp³-hybridized carbons (Fsp3) is 0.562. The summed E-state index contributed by atoms with van der Waals surface area (Å²) in [4.78, 5) is 13.1. The van der Waals surface area contributed by atoms with E-state index in [9.17, 15) is 22.0 Å². The molecule has 0 aliphatic carbocycles. The van der Waals surface area contributed by atoms with Crippen LogP contribution in [0, 0.1) is 24.5 Å². The lowest BCUT2D eigenvalue weighted by molar-refractivity contribution is -0.436. The maximum Gasteiger partial charge on any atom is 0.434 e. The van der Waals surface area contributed by atoms with Gasteiger partial charge in [-0.2, -0.15) is 18.2 Å². The van der Waals surface area contributed by atoms with E-state index < -0.39 is 57.6 Å². The van der Waals surface area contributed by atoms with Crippen LogP contribution in [0.5, 0.6) is 6.01 Å². The van der Waals surface area contributed by atoms with Crippen LogP contribution in [0.2, 0.25) is 0 Å². The number of benzene rings is 1. The monoisotopic (exact) mass is 652 g/mol. The number of anilines is 1. The van der Waals surface area contributed by atoms with Gasteiger partial charge < -0.3 is 21.1 Å². The third-order valence-electron chi connectivity index (χ3n) is 9.14. The van der Waals surface area contributed by atoms with Crippen LogP contribution in [0.1, 0.15) is 64.0 Å². The Bertz CT molecular complexity index is 1620. The van der Waals surface area contributed by atoms with Gasteiger partial charge in [-0.15, -0.1) is 0 Å². The molecule has 2 saturated heterocycles. The van der Waals surface area contributed by atoms with E-state index in [0.717, 1.165) is 32.4 Å². The van der Waals surface area contributed by atoms with E-state index in [0.29, 0.717) is 25.9 Å². The van der Waals surface area contributed by atoms with Crippen LogP contribution in [0.15, 0.2) is 12.3 Å². The van der Waals surface area contributed by atoms with Crippen LogP contribution in [0.25, 0.3) is 22.2 Å². The quantitative estimate of drug-likeness (QED) is 0.103. The zero-order valence-corrected chi connectivity index (χ0v) is 26.4. The smallest absolute Gasteiger partial charge is 0.434 e. The number of fused-ring (bicyclic) bond motifs is 1. The number of nitrogens with zero attached hydrogens (tertiary/aromatic N) is 4. The molecule has 0 amide bonds. The van der Waals surface area contributed by atoms with Gasteiger partial charge in [-0.1, -0.05) is 6.92 Å². The standard InChI is InChI=1S/C32H40F6N7O/c1-5-20(33)13-31(9-7-10-42-31)16-46-30-43-28-22(29(44-30)45(6-2)15-19-8-11-40-18(19)4)14-41-27(26(28)35)21-12-23(39)25(34)17(3)24(21)32(36,37)38/h12,14-15,18-20,40,42H,5-11,13,16,39H2,1-4H3/q+1/t18-,19?,20?,31?/m1/s1. The number of halogens is 6. The number of nitrogen functional groups attached to an aromatic ring is 1. The molecule has 3 unspecified atom stereocenters. The predicted octanol–water partition coefficient (Wildman–Crippen LogP) is 6.25. The van der Waals surface area contributed by atoms with Crippen molar-refractivity contribution in [2.45, 2.75) is 83.7 Å². The number of aromatic nitrogens is 3. The molecule has 46 heavy (non-hydrogen) atoms. The average molecular weight is 653 g/mol. The summed E-state index contributed by atoms with van der Waals surface area (Å²) >= 11 is 0. The minimum atomic E-state index is -5.03. The van der Waals surface area contributed by atoms with Crippen molar-refractivity contribution in [3.05, 3.63) is 35.0 Å². The number of nitrogens with one attached hydrogen (secondary N) is 2. The van der Waals surface area contributed by atoms with Gasteiger partial charge in [0.15, 0.2) is 5.82 Å². The number of ether oxygens (including phenoxy) is 1. The van der Waals surface area contributed by atoms with Gasteiger partial charge in [0.05, 0.1) is 29.5 Å². The normalized spacial score (nSPS) is 23.0. The Balaban J connectivity index is 1.69. The minimum Gasteiger partial charge on any atom is -0.443 e. The van der Waals surface area contributed by atoms with Gasteiger partial charge in [-0.05, 0) is 71.2 Å². The average Bonchev–Trinajstić information content (AvgIpc) is 3.65. The lowest BCUT2D eigenvalue weighted by atomic mass is 9.91. The molecule has 0 radical (unpaired) electrons. The van der Waals surface area contributed by atoms with Gasteiger partial charge in [-0.3, -0.25) is 4.98 Å². The Morgan fingerprint density at radius 1 is 1.20 bits per heavy atom. The molecule has 2 fully saturated rings. The van der Waals surface area contributed by atoms with Crippen LogP contribution in [-0.4, -0.2) is 69.7 Å². The van der Waals surface area contributed by atoms with Gasteiger partial charge in [0.1, 0.15) is 35.2 Å². The first-order valence-corrected chi connectivity index (χ1v) is 15.7. The molecule has 250 valence electrons. The van der Waals surface area contributed by atoms with Gasteiger partial charge in [0, 0.05) is 35.1 Å². The van der Waals surface area contributed by atoms with E-state index in [1.807, 2.05) is 17.7 Å². The highest BCUT2D eigenvalue weighted by molar-refractivity contribution is 5.90. The highest BCUT2D eigenvalue weighted by Gasteiger charge is 2.40. The lowest BCUT2D eigenvalue weighted by Gasteiger charge is -2.29. The van der Waals surface area contributed by atoms with Gasteiger partial charge in [-0.25, -0.2) is 17.7 Å². The zero-order valence-electron chi connectivity index (χ0n) is 26.4.